The fourth-order valence-corrected chi connectivity index (χ4v) is 3.37. The number of carbonyl (C=O) groups excluding carboxylic acids is 1. The van der Waals surface area contributed by atoms with Crippen LogP contribution in [0.1, 0.15) is 35.1 Å². The quantitative estimate of drug-likeness (QED) is 0.573. The standard InChI is InChI=1S/C16H19N3O3S/c1-10-17-18-16(19(10)12-5-6-12)23-9-13(20)11-4-7-14(21-2)15(8-11)22-3/h4,7-8,12H,5-6,9H2,1-3H3. The van der Waals surface area contributed by atoms with Crippen LogP contribution in [0.4, 0.5) is 0 Å². The van der Waals surface area contributed by atoms with Crippen LogP contribution < -0.4 is 9.47 Å². The second-order valence-corrected chi connectivity index (χ2v) is 6.36. The Labute approximate surface area is 139 Å². The van der Waals surface area contributed by atoms with E-state index in [1.54, 1.807) is 32.4 Å². The monoisotopic (exact) mass is 333 g/mol. The Morgan fingerprint density at radius 2 is 2.00 bits per heavy atom. The number of ether oxygens (including phenoxy) is 2. The highest BCUT2D eigenvalue weighted by atomic mass is 32.2. The molecular formula is C16H19N3O3S. The summed E-state index contributed by atoms with van der Waals surface area (Å²) < 4.78 is 12.6. The third-order valence-corrected chi connectivity index (χ3v) is 4.73. The summed E-state index contributed by atoms with van der Waals surface area (Å²) in [7, 11) is 3.13. The van der Waals surface area contributed by atoms with Gasteiger partial charge in [0.2, 0.25) is 0 Å². The molecule has 1 aliphatic carbocycles. The van der Waals surface area contributed by atoms with Crippen LogP contribution in [0.2, 0.25) is 0 Å². The number of ketones is 1. The van der Waals surface area contributed by atoms with Gasteiger partial charge in [-0.1, -0.05) is 11.8 Å². The van der Waals surface area contributed by atoms with E-state index >= 15 is 0 Å². The van der Waals surface area contributed by atoms with E-state index < -0.39 is 0 Å². The predicted molar refractivity (Wildman–Crippen MR) is 87.6 cm³/mol. The van der Waals surface area contributed by atoms with Gasteiger partial charge >= 0.3 is 0 Å². The number of benzene rings is 1. The highest BCUT2D eigenvalue weighted by Gasteiger charge is 2.28. The minimum atomic E-state index is 0.0268. The van der Waals surface area contributed by atoms with E-state index in [2.05, 4.69) is 14.8 Å². The number of methoxy groups -OCH3 is 2. The molecule has 3 rings (SSSR count). The number of hydrogen-bond acceptors (Lipinski definition) is 6. The lowest BCUT2D eigenvalue weighted by Crippen LogP contribution is -2.05. The molecule has 2 aromatic rings. The molecule has 0 amide bonds. The lowest BCUT2D eigenvalue weighted by Gasteiger charge is -2.09. The second kappa shape index (κ2) is 6.62. The van der Waals surface area contributed by atoms with Crippen LogP contribution in [-0.4, -0.2) is 40.5 Å². The summed E-state index contributed by atoms with van der Waals surface area (Å²) in [6, 6.07) is 5.71. The maximum atomic E-state index is 12.4. The molecule has 122 valence electrons. The number of nitrogens with zero attached hydrogens (tertiary/aromatic N) is 3. The molecule has 1 aromatic carbocycles. The van der Waals surface area contributed by atoms with Crippen LogP contribution in [0.5, 0.6) is 11.5 Å². The largest absolute Gasteiger partial charge is 0.493 e. The normalized spacial score (nSPS) is 13.9. The van der Waals surface area contributed by atoms with E-state index in [1.165, 1.54) is 11.8 Å². The first kappa shape index (κ1) is 15.9. The van der Waals surface area contributed by atoms with E-state index in [4.69, 9.17) is 9.47 Å². The van der Waals surface area contributed by atoms with Gasteiger partial charge in [0.25, 0.3) is 0 Å². The number of hydrogen-bond donors (Lipinski definition) is 0. The van der Waals surface area contributed by atoms with Crippen molar-refractivity contribution in [3.8, 4) is 11.5 Å². The molecule has 23 heavy (non-hydrogen) atoms. The van der Waals surface area contributed by atoms with Crippen molar-refractivity contribution in [2.24, 2.45) is 0 Å². The summed E-state index contributed by atoms with van der Waals surface area (Å²) in [6.07, 6.45) is 2.33. The van der Waals surface area contributed by atoms with Crippen LogP contribution in [0, 0.1) is 6.92 Å². The van der Waals surface area contributed by atoms with Gasteiger partial charge in [0.15, 0.2) is 22.4 Å². The Morgan fingerprint density at radius 3 is 2.65 bits per heavy atom. The number of aryl methyl sites for hydroxylation is 1. The van der Waals surface area contributed by atoms with Crippen LogP contribution >= 0.6 is 11.8 Å². The van der Waals surface area contributed by atoms with Gasteiger partial charge in [-0.05, 0) is 38.0 Å². The van der Waals surface area contributed by atoms with Crippen LogP contribution in [0.25, 0.3) is 0 Å². The molecule has 1 heterocycles. The lowest BCUT2D eigenvalue weighted by molar-refractivity contribution is 0.102. The Bertz CT molecular complexity index is 725. The van der Waals surface area contributed by atoms with Gasteiger partial charge in [0.1, 0.15) is 5.82 Å². The number of Topliss-reactive ketones (excluding diaryl/α,β-unsaturated/α-hetero) is 1. The van der Waals surface area contributed by atoms with E-state index in [0.717, 1.165) is 23.8 Å². The molecule has 0 bridgehead atoms. The smallest absolute Gasteiger partial charge is 0.191 e. The Hall–Kier alpha value is -2.02. The number of aromatic nitrogens is 3. The Balaban J connectivity index is 1.70. The summed E-state index contributed by atoms with van der Waals surface area (Å²) in [5.41, 5.74) is 0.601. The van der Waals surface area contributed by atoms with E-state index in [-0.39, 0.29) is 5.78 Å². The molecule has 0 radical (unpaired) electrons. The summed E-state index contributed by atoms with van der Waals surface area (Å²) in [4.78, 5) is 12.4. The van der Waals surface area contributed by atoms with Gasteiger partial charge in [0.05, 0.1) is 20.0 Å². The minimum Gasteiger partial charge on any atom is -0.493 e. The molecular weight excluding hydrogens is 314 g/mol. The summed E-state index contributed by atoms with van der Waals surface area (Å²) >= 11 is 1.43. The van der Waals surface area contributed by atoms with Crippen molar-refractivity contribution in [3.05, 3.63) is 29.6 Å². The molecule has 1 aliphatic rings. The van der Waals surface area contributed by atoms with Gasteiger partial charge in [0, 0.05) is 11.6 Å². The van der Waals surface area contributed by atoms with Crippen LogP contribution in [0.15, 0.2) is 23.4 Å². The summed E-state index contributed by atoms with van der Waals surface area (Å²) in [5, 5.41) is 9.12. The molecule has 1 aromatic heterocycles. The maximum Gasteiger partial charge on any atom is 0.191 e. The zero-order chi connectivity index (χ0) is 16.4. The van der Waals surface area contributed by atoms with Gasteiger partial charge in [-0.15, -0.1) is 10.2 Å². The van der Waals surface area contributed by atoms with Crippen molar-refractivity contribution in [1.82, 2.24) is 14.8 Å². The lowest BCUT2D eigenvalue weighted by atomic mass is 10.1. The van der Waals surface area contributed by atoms with Gasteiger partial charge in [-0.25, -0.2) is 0 Å². The SMILES string of the molecule is COc1ccc(C(=O)CSc2nnc(C)n2C2CC2)cc1OC. The van der Waals surface area contributed by atoms with Gasteiger partial charge in [-0.2, -0.15) is 0 Å². The molecule has 0 aliphatic heterocycles. The molecule has 1 fully saturated rings. The highest BCUT2D eigenvalue weighted by molar-refractivity contribution is 7.99. The minimum absolute atomic E-state index is 0.0268. The molecule has 0 N–H and O–H groups in total. The second-order valence-electron chi connectivity index (χ2n) is 5.41. The van der Waals surface area contributed by atoms with Crippen LogP contribution in [0.3, 0.4) is 0 Å². The average Bonchev–Trinajstić information content (AvgIpc) is 3.34. The van der Waals surface area contributed by atoms with Crippen molar-refractivity contribution in [3.63, 3.8) is 0 Å². The first-order chi connectivity index (χ1) is 11.1. The molecule has 7 heteroatoms. The Kier molecular flexibility index (Phi) is 4.56. The third-order valence-electron chi connectivity index (χ3n) is 3.78. The first-order valence-corrected chi connectivity index (χ1v) is 8.42. The topological polar surface area (TPSA) is 66.2 Å². The summed E-state index contributed by atoms with van der Waals surface area (Å²) in [5.74, 6) is 2.43. The van der Waals surface area contributed by atoms with Crippen molar-refractivity contribution >= 4 is 17.5 Å². The van der Waals surface area contributed by atoms with Crippen molar-refractivity contribution in [2.75, 3.05) is 20.0 Å². The van der Waals surface area contributed by atoms with Crippen LogP contribution in [-0.2, 0) is 0 Å². The van der Waals surface area contributed by atoms with Gasteiger partial charge < -0.3 is 14.0 Å². The number of thioether (sulfide) groups is 1. The molecule has 1 saturated carbocycles. The van der Waals surface area contributed by atoms with Crippen molar-refractivity contribution in [2.45, 2.75) is 31.0 Å². The van der Waals surface area contributed by atoms with Crippen molar-refractivity contribution in [1.29, 1.82) is 0 Å². The zero-order valence-corrected chi connectivity index (χ0v) is 14.2. The summed E-state index contributed by atoms with van der Waals surface area (Å²) in [6.45, 7) is 1.95. The molecule has 0 saturated heterocycles. The van der Waals surface area contributed by atoms with Crippen molar-refractivity contribution < 1.29 is 14.3 Å². The highest BCUT2D eigenvalue weighted by Crippen LogP contribution is 2.38. The molecule has 0 spiro atoms. The van der Waals surface area contributed by atoms with E-state index in [0.29, 0.717) is 28.9 Å². The number of carbonyl (C=O) groups is 1. The van der Waals surface area contributed by atoms with E-state index in [1.807, 2.05) is 6.92 Å². The van der Waals surface area contributed by atoms with Gasteiger partial charge in [-0.3, -0.25) is 4.79 Å². The molecule has 0 unspecified atom stereocenters. The molecule has 0 atom stereocenters. The predicted octanol–water partition coefficient (Wildman–Crippen LogP) is 2.91. The zero-order valence-electron chi connectivity index (χ0n) is 13.4. The maximum absolute atomic E-state index is 12.4. The first-order valence-electron chi connectivity index (χ1n) is 7.43. The molecule has 6 nitrogen and oxygen atoms in total. The third kappa shape index (κ3) is 3.34. The fourth-order valence-electron chi connectivity index (χ4n) is 2.42. The number of rotatable bonds is 7. The van der Waals surface area contributed by atoms with E-state index in [9.17, 15) is 4.79 Å². The average molecular weight is 333 g/mol. The fraction of sp³-hybridized carbons (Fsp3) is 0.438. The Morgan fingerprint density at radius 1 is 1.26 bits per heavy atom.